The van der Waals surface area contributed by atoms with Crippen molar-refractivity contribution in [2.45, 2.75) is 12.8 Å². The third-order valence-electron chi connectivity index (χ3n) is 1.70. The first-order valence-electron chi connectivity index (χ1n) is 4.06. The molecule has 1 N–H and O–H groups in total. The van der Waals surface area contributed by atoms with Crippen molar-refractivity contribution in [3.63, 3.8) is 0 Å². The van der Waals surface area contributed by atoms with Gasteiger partial charge in [-0.25, -0.2) is 8.42 Å². The smallest absolute Gasteiger partial charge is 0.241 e. The lowest BCUT2D eigenvalue weighted by atomic mass is 10.1. The molecular formula is C8H10ClNO3S2. The Morgan fingerprint density at radius 1 is 1.53 bits per heavy atom. The molecule has 0 aliphatic carbocycles. The highest BCUT2D eigenvalue weighted by molar-refractivity contribution is 7.89. The van der Waals surface area contributed by atoms with E-state index in [1.807, 2.05) is 4.72 Å². The zero-order chi connectivity index (χ0) is 11.6. The Bertz CT molecular complexity index is 466. The highest BCUT2D eigenvalue weighted by Gasteiger charge is 2.19. The molecule has 15 heavy (non-hydrogen) atoms. The quantitative estimate of drug-likeness (QED) is 0.904. The maximum absolute atomic E-state index is 11.4. The van der Waals surface area contributed by atoms with Gasteiger partial charge in [-0.15, -0.1) is 11.3 Å². The van der Waals surface area contributed by atoms with Gasteiger partial charge in [-0.05, 0) is 19.1 Å². The summed E-state index contributed by atoms with van der Waals surface area (Å²) >= 11 is 6.97. The molecule has 0 spiro atoms. The van der Waals surface area contributed by atoms with Gasteiger partial charge in [0.25, 0.3) is 0 Å². The van der Waals surface area contributed by atoms with Gasteiger partial charge in [0.1, 0.15) is 0 Å². The molecular weight excluding hydrogens is 258 g/mol. The molecule has 1 amide bonds. The van der Waals surface area contributed by atoms with Gasteiger partial charge in [0, 0.05) is 4.88 Å². The molecule has 0 bridgehead atoms. The molecule has 1 heterocycles. The summed E-state index contributed by atoms with van der Waals surface area (Å²) in [6.07, 6.45) is 0.943. The lowest BCUT2D eigenvalue weighted by Gasteiger charge is -2.08. The minimum absolute atomic E-state index is 0.516. The van der Waals surface area contributed by atoms with E-state index in [-0.39, 0.29) is 0 Å². The SMILES string of the molecule is CC(C(=O)NS(C)(=O)=O)c1ccc(Cl)s1. The van der Waals surface area contributed by atoms with E-state index in [9.17, 15) is 13.2 Å². The second-order valence-corrected chi connectivity index (χ2v) is 6.60. The summed E-state index contributed by atoms with van der Waals surface area (Å²) in [7, 11) is -3.50. The predicted octanol–water partition coefficient (Wildman–Crippen LogP) is 1.58. The second-order valence-electron chi connectivity index (χ2n) is 3.10. The standard InChI is InChI=1S/C8H10ClNO3S2/c1-5(6-3-4-7(9)14-6)8(11)10-15(2,12)13/h3-5H,1-2H3,(H,10,11). The maximum Gasteiger partial charge on any atom is 0.241 e. The number of thiophene rings is 1. The van der Waals surface area contributed by atoms with Crippen molar-refractivity contribution in [1.82, 2.24) is 4.72 Å². The van der Waals surface area contributed by atoms with Gasteiger partial charge in [0.15, 0.2) is 0 Å². The molecule has 0 aliphatic heterocycles. The highest BCUT2D eigenvalue weighted by atomic mass is 35.5. The number of hydrogen-bond donors (Lipinski definition) is 1. The van der Waals surface area contributed by atoms with Crippen LogP contribution in [0, 0.1) is 0 Å². The molecule has 84 valence electrons. The fourth-order valence-corrected chi connectivity index (χ4v) is 2.61. The first-order chi connectivity index (χ1) is 6.79. The van der Waals surface area contributed by atoms with E-state index in [4.69, 9.17) is 11.6 Å². The van der Waals surface area contributed by atoms with E-state index in [0.29, 0.717) is 4.34 Å². The average molecular weight is 268 g/mol. The zero-order valence-corrected chi connectivity index (χ0v) is 10.5. The summed E-state index contributed by atoms with van der Waals surface area (Å²) in [6, 6.07) is 3.38. The Kier molecular flexibility index (Phi) is 3.75. The minimum Gasteiger partial charge on any atom is -0.273 e. The van der Waals surface area contributed by atoms with Gasteiger partial charge >= 0.3 is 0 Å². The normalized spacial score (nSPS) is 13.5. The van der Waals surface area contributed by atoms with Crippen LogP contribution < -0.4 is 4.72 Å². The highest BCUT2D eigenvalue weighted by Crippen LogP contribution is 2.28. The second kappa shape index (κ2) is 4.51. The first kappa shape index (κ1) is 12.5. The van der Waals surface area contributed by atoms with Crippen molar-refractivity contribution in [1.29, 1.82) is 0 Å². The molecule has 1 rings (SSSR count). The van der Waals surface area contributed by atoms with E-state index >= 15 is 0 Å². The molecule has 0 radical (unpaired) electrons. The van der Waals surface area contributed by atoms with Crippen LogP contribution in [-0.2, 0) is 14.8 Å². The van der Waals surface area contributed by atoms with E-state index in [1.54, 1.807) is 19.1 Å². The number of amides is 1. The zero-order valence-electron chi connectivity index (χ0n) is 8.15. The molecule has 1 aromatic heterocycles. The lowest BCUT2D eigenvalue weighted by molar-refractivity contribution is -0.120. The maximum atomic E-state index is 11.4. The number of carbonyl (C=O) groups excluding carboxylic acids is 1. The molecule has 1 aromatic rings. The van der Waals surface area contributed by atoms with Gasteiger partial charge in [-0.2, -0.15) is 0 Å². The fourth-order valence-electron chi connectivity index (χ4n) is 0.961. The van der Waals surface area contributed by atoms with Crippen LogP contribution in [0.1, 0.15) is 17.7 Å². The average Bonchev–Trinajstić information content (AvgIpc) is 2.47. The van der Waals surface area contributed by atoms with Gasteiger partial charge in [0.05, 0.1) is 16.5 Å². The van der Waals surface area contributed by atoms with Gasteiger partial charge in [-0.3, -0.25) is 9.52 Å². The van der Waals surface area contributed by atoms with E-state index < -0.39 is 21.8 Å². The number of sulfonamides is 1. The van der Waals surface area contributed by atoms with Gasteiger partial charge in [0.2, 0.25) is 15.9 Å². The lowest BCUT2D eigenvalue weighted by Crippen LogP contribution is -2.32. The summed E-state index contributed by atoms with van der Waals surface area (Å²) in [5.74, 6) is -1.06. The Labute approximate surface area is 97.3 Å². The predicted molar refractivity (Wildman–Crippen MR) is 60.7 cm³/mol. The van der Waals surface area contributed by atoms with Crippen LogP contribution in [-0.4, -0.2) is 20.6 Å². The van der Waals surface area contributed by atoms with Gasteiger partial charge in [-0.1, -0.05) is 11.6 Å². The van der Waals surface area contributed by atoms with Crippen LogP contribution >= 0.6 is 22.9 Å². The molecule has 7 heteroatoms. The number of halogens is 1. The Morgan fingerprint density at radius 2 is 2.13 bits per heavy atom. The monoisotopic (exact) mass is 267 g/mol. The molecule has 0 aromatic carbocycles. The summed E-state index contributed by atoms with van der Waals surface area (Å²) < 4.78 is 24.2. The van der Waals surface area contributed by atoms with Crippen molar-refractivity contribution < 1.29 is 13.2 Å². The largest absolute Gasteiger partial charge is 0.273 e. The van der Waals surface area contributed by atoms with E-state index in [0.717, 1.165) is 11.1 Å². The fraction of sp³-hybridized carbons (Fsp3) is 0.375. The van der Waals surface area contributed by atoms with Crippen molar-refractivity contribution >= 4 is 38.9 Å². The Morgan fingerprint density at radius 3 is 2.53 bits per heavy atom. The van der Waals surface area contributed by atoms with Crippen LogP contribution in [0.2, 0.25) is 4.34 Å². The van der Waals surface area contributed by atoms with Gasteiger partial charge < -0.3 is 0 Å². The summed E-state index contributed by atoms with van der Waals surface area (Å²) in [6.45, 7) is 1.63. The van der Waals surface area contributed by atoms with Crippen LogP contribution in [0.3, 0.4) is 0 Å². The summed E-state index contributed by atoms with van der Waals surface area (Å²) in [4.78, 5) is 12.2. The van der Waals surface area contributed by atoms with E-state index in [1.165, 1.54) is 11.3 Å². The van der Waals surface area contributed by atoms with Crippen molar-refractivity contribution in [3.8, 4) is 0 Å². The molecule has 0 saturated carbocycles. The summed E-state index contributed by atoms with van der Waals surface area (Å²) in [5, 5.41) is 0. The van der Waals surface area contributed by atoms with Crippen LogP contribution in [0.15, 0.2) is 12.1 Å². The Hall–Kier alpha value is -0.590. The molecule has 1 atom stereocenters. The molecule has 1 unspecified atom stereocenters. The molecule has 0 saturated heterocycles. The van der Waals surface area contributed by atoms with Crippen molar-refractivity contribution in [2.24, 2.45) is 0 Å². The third-order valence-corrected chi connectivity index (χ3v) is 3.69. The summed E-state index contributed by atoms with van der Waals surface area (Å²) in [5.41, 5.74) is 0. The number of carbonyl (C=O) groups is 1. The van der Waals surface area contributed by atoms with Crippen molar-refractivity contribution in [2.75, 3.05) is 6.26 Å². The Balaban J connectivity index is 2.78. The van der Waals surface area contributed by atoms with Crippen LogP contribution in [0.4, 0.5) is 0 Å². The topological polar surface area (TPSA) is 63.2 Å². The molecule has 0 fully saturated rings. The third kappa shape index (κ3) is 3.81. The number of rotatable bonds is 3. The van der Waals surface area contributed by atoms with Crippen LogP contribution in [0.25, 0.3) is 0 Å². The molecule has 4 nitrogen and oxygen atoms in total. The first-order valence-corrected chi connectivity index (χ1v) is 7.15. The van der Waals surface area contributed by atoms with E-state index in [2.05, 4.69) is 0 Å². The minimum atomic E-state index is -3.50. The van der Waals surface area contributed by atoms with Crippen molar-refractivity contribution in [3.05, 3.63) is 21.3 Å². The number of hydrogen-bond acceptors (Lipinski definition) is 4. The number of nitrogens with one attached hydrogen (secondary N) is 1. The van der Waals surface area contributed by atoms with Crippen LogP contribution in [0.5, 0.6) is 0 Å². The molecule has 0 aliphatic rings.